The predicted octanol–water partition coefficient (Wildman–Crippen LogP) is 20.7. The molecule has 0 aromatic heterocycles. The lowest BCUT2D eigenvalue weighted by atomic mass is 10.0. The van der Waals surface area contributed by atoms with Crippen LogP contribution >= 0.6 is 0 Å². The maximum atomic E-state index is 12.5. The highest BCUT2D eigenvalue weighted by Crippen LogP contribution is 2.15. The first-order chi connectivity index (χ1) is 36.7. The SMILES string of the molecule is CC/C=C\C/C=C\C/C=C\C/C=C\C/C=C\C/C=C\C/C=C\C/C=C\C/C=C\C/C=C\C/C=C\C/C=C\CCCCC(=O)NC(CO)C(O)/C=C/CC/C=C/CCCCCCCCCCCCCCCCCCC. The van der Waals surface area contributed by atoms with Crippen molar-refractivity contribution < 1.29 is 15.0 Å². The zero-order valence-electron chi connectivity index (χ0n) is 47.8. The van der Waals surface area contributed by atoms with Gasteiger partial charge in [-0.15, -0.1) is 0 Å². The monoisotopic (exact) mass is 1020 g/mol. The summed E-state index contributed by atoms with van der Waals surface area (Å²) in [5, 5.41) is 23.1. The van der Waals surface area contributed by atoms with Crippen LogP contribution < -0.4 is 5.32 Å². The second kappa shape index (κ2) is 63.0. The summed E-state index contributed by atoms with van der Waals surface area (Å²) in [5.74, 6) is -0.122. The minimum absolute atomic E-state index is 0.122. The molecule has 4 nitrogen and oxygen atoms in total. The lowest BCUT2D eigenvalue weighted by Crippen LogP contribution is -2.45. The smallest absolute Gasteiger partial charge is 0.220 e. The maximum absolute atomic E-state index is 12.5. The van der Waals surface area contributed by atoms with Gasteiger partial charge in [0.25, 0.3) is 0 Å². The normalized spacial score (nSPS) is 14.1. The van der Waals surface area contributed by atoms with Crippen LogP contribution in [-0.2, 0) is 4.79 Å². The number of rotatable bonds is 53. The third-order valence-electron chi connectivity index (χ3n) is 12.7. The molecule has 1 amide bonds. The molecular weight excluding hydrogens is 903 g/mol. The van der Waals surface area contributed by atoms with E-state index >= 15 is 0 Å². The molecule has 0 aromatic carbocycles. The topological polar surface area (TPSA) is 69.6 Å². The summed E-state index contributed by atoms with van der Waals surface area (Å²) in [6.07, 6.45) is 102. The fraction of sp³-hybridized carbons (Fsp3) is 0.586. The highest BCUT2D eigenvalue weighted by Gasteiger charge is 2.17. The molecule has 0 radical (unpaired) electrons. The summed E-state index contributed by atoms with van der Waals surface area (Å²) in [6, 6.07) is -0.677. The molecule has 0 spiro atoms. The summed E-state index contributed by atoms with van der Waals surface area (Å²) in [7, 11) is 0. The lowest BCUT2D eigenvalue weighted by molar-refractivity contribution is -0.123. The molecule has 416 valence electrons. The van der Waals surface area contributed by atoms with Crippen LogP contribution in [0, 0.1) is 0 Å². The van der Waals surface area contributed by atoms with Crippen molar-refractivity contribution in [1.82, 2.24) is 5.32 Å². The number of unbranched alkanes of at least 4 members (excludes halogenated alkanes) is 20. The molecule has 4 heteroatoms. The maximum Gasteiger partial charge on any atom is 0.220 e. The van der Waals surface area contributed by atoms with Crippen LogP contribution in [0.1, 0.15) is 245 Å². The molecule has 74 heavy (non-hydrogen) atoms. The summed E-state index contributed by atoms with van der Waals surface area (Å²) in [4.78, 5) is 12.5. The van der Waals surface area contributed by atoms with E-state index in [-0.39, 0.29) is 12.5 Å². The molecule has 3 N–H and O–H groups in total. The number of aliphatic hydroxyl groups excluding tert-OH is 2. The van der Waals surface area contributed by atoms with Gasteiger partial charge in [-0.05, 0) is 122 Å². The number of nitrogens with one attached hydrogen (secondary N) is 1. The van der Waals surface area contributed by atoms with Crippen LogP contribution in [-0.4, -0.2) is 34.9 Å². The van der Waals surface area contributed by atoms with Crippen molar-refractivity contribution in [3.63, 3.8) is 0 Å². The van der Waals surface area contributed by atoms with Gasteiger partial charge in [0.2, 0.25) is 5.91 Å². The second-order valence-corrected chi connectivity index (χ2v) is 19.7. The first kappa shape index (κ1) is 69.8. The first-order valence-electron chi connectivity index (χ1n) is 30.3. The van der Waals surface area contributed by atoms with Gasteiger partial charge in [-0.2, -0.15) is 0 Å². The highest BCUT2D eigenvalue weighted by molar-refractivity contribution is 5.76. The van der Waals surface area contributed by atoms with Crippen molar-refractivity contribution in [1.29, 1.82) is 0 Å². The molecule has 0 bridgehead atoms. The summed E-state index contributed by atoms with van der Waals surface area (Å²) < 4.78 is 0. The first-order valence-corrected chi connectivity index (χ1v) is 30.3. The van der Waals surface area contributed by atoms with Gasteiger partial charge in [0.15, 0.2) is 0 Å². The zero-order chi connectivity index (χ0) is 53.4. The molecule has 2 unspecified atom stereocenters. The number of carbonyl (C=O) groups is 1. The minimum atomic E-state index is -0.894. The van der Waals surface area contributed by atoms with Crippen molar-refractivity contribution in [2.75, 3.05) is 6.61 Å². The van der Waals surface area contributed by atoms with E-state index in [0.29, 0.717) is 6.42 Å². The van der Waals surface area contributed by atoms with E-state index in [1.807, 2.05) is 6.08 Å². The molecule has 0 saturated carbocycles. The van der Waals surface area contributed by atoms with Crippen molar-refractivity contribution in [3.8, 4) is 0 Å². The Morgan fingerprint density at radius 3 is 0.946 bits per heavy atom. The Kier molecular flexibility index (Phi) is 59.4. The average Bonchev–Trinajstić information content (AvgIpc) is 3.40. The molecule has 0 heterocycles. The van der Waals surface area contributed by atoms with Gasteiger partial charge in [-0.25, -0.2) is 0 Å². The Bertz CT molecular complexity index is 1620. The van der Waals surface area contributed by atoms with Gasteiger partial charge in [0.1, 0.15) is 0 Å². The quantitative estimate of drug-likeness (QED) is 0.0420. The van der Waals surface area contributed by atoms with Crippen molar-refractivity contribution >= 4 is 5.91 Å². The standard InChI is InChI=1S/C70H113NO3/c1-3-5-7-9-11-13-15-17-19-21-23-25-27-28-29-30-31-32-33-34-35-36-37-38-39-40-41-42-44-46-48-50-52-54-56-58-60-62-64-66-70(74)71-68(67-72)69(73)65-63-61-59-57-55-53-51-49-47-45-43-26-24-22-20-18-16-14-12-10-8-6-4-2/h5,7,11,13,17,19,23,25,28-29,31-32,34-35,37-38,40-41,44,46,50,52,55-58,63,65,68-69,72-73H,3-4,6,8-10,12,14-16,18,20-22,24,26-27,30,33,36,39,42-43,45,47-49,51,53-54,59-62,64,66-67H2,1-2H3,(H,71,74)/b7-5-,13-11-,19-17-,25-23-,29-28-,32-31-,35-34-,38-37-,41-40-,46-44-,52-50-,57-55+,58-56-,65-63+. The summed E-state index contributed by atoms with van der Waals surface area (Å²) >= 11 is 0. The molecule has 0 rings (SSSR count). The minimum Gasteiger partial charge on any atom is -0.394 e. The lowest BCUT2D eigenvalue weighted by Gasteiger charge is -2.19. The van der Waals surface area contributed by atoms with E-state index in [9.17, 15) is 15.0 Å². The van der Waals surface area contributed by atoms with E-state index < -0.39 is 12.1 Å². The average molecular weight is 1020 g/mol. The molecular formula is C70H113NO3. The molecule has 2 atom stereocenters. The molecule has 0 saturated heterocycles. The Balaban J connectivity index is 3.74. The van der Waals surface area contributed by atoms with Crippen LogP contribution in [0.25, 0.3) is 0 Å². The van der Waals surface area contributed by atoms with Crippen LogP contribution in [0.3, 0.4) is 0 Å². The largest absolute Gasteiger partial charge is 0.394 e. The third kappa shape index (κ3) is 58.6. The van der Waals surface area contributed by atoms with Crippen LogP contribution in [0.4, 0.5) is 0 Å². The number of aliphatic hydroxyl groups is 2. The number of hydrogen-bond donors (Lipinski definition) is 3. The number of carbonyl (C=O) groups excluding carboxylic acids is 1. The van der Waals surface area contributed by atoms with E-state index in [1.165, 1.54) is 109 Å². The Labute approximate surface area is 458 Å². The highest BCUT2D eigenvalue weighted by atomic mass is 16.3. The fourth-order valence-corrected chi connectivity index (χ4v) is 8.12. The van der Waals surface area contributed by atoms with Gasteiger partial charge in [0, 0.05) is 6.42 Å². The molecule has 0 aliphatic carbocycles. The van der Waals surface area contributed by atoms with E-state index in [0.717, 1.165) is 116 Å². The third-order valence-corrected chi connectivity index (χ3v) is 12.7. The van der Waals surface area contributed by atoms with Gasteiger partial charge >= 0.3 is 0 Å². The van der Waals surface area contributed by atoms with Crippen LogP contribution in [0.2, 0.25) is 0 Å². The van der Waals surface area contributed by atoms with E-state index in [1.54, 1.807) is 6.08 Å². The zero-order valence-corrected chi connectivity index (χ0v) is 47.8. The van der Waals surface area contributed by atoms with Crippen LogP contribution in [0.5, 0.6) is 0 Å². The molecule has 0 aliphatic heterocycles. The Morgan fingerprint density at radius 2 is 0.608 bits per heavy atom. The predicted molar refractivity (Wildman–Crippen MR) is 331 cm³/mol. The van der Waals surface area contributed by atoms with Gasteiger partial charge in [-0.3, -0.25) is 4.79 Å². The molecule has 0 aromatic rings. The fourth-order valence-electron chi connectivity index (χ4n) is 8.12. The number of hydrogen-bond acceptors (Lipinski definition) is 3. The van der Waals surface area contributed by atoms with E-state index in [2.05, 4.69) is 177 Å². The Hall–Kier alpha value is -4.25. The van der Waals surface area contributed by atoms with Crippen molar-refractivity contribution in [2.45, 2.75) is 257 Å². The summed E-state index contributed by atoms with van der Waals surface area (Å²) in [6.45, 7) is 4.17. The number of amides is 1. The van der Waals surface area contributed by atoms with Gasteiger partial charge < -0.3 is 15.5 Å². The number of allylic oxidation sites excluding steroid dienone is 27. The molecule has 0 aliphatic rings. The Morgan fingerprint density at radius 1 is 0.338 bits per heavy atom. The van der Waals surface area contributed by atoms with Crippen molar-refractivity contribution in [2.24, 2.45) is 0 Å². The van der Waals surface area contributed by atoms with Gasteiger partial charge in [-0.1, -0.05) is 287 Å². The van der Waals surface area contributed by atoms with Crippen LogP contribution in [0.15, 0.2) is 170 Å². The van der Waals surface area contributed by atoms with Crippen molar-refractivity contribution in [3.05, 3.63) is 170 Å². The van der Waals surface area contributed by atoms with E-state index in [4.69, 9.17) is 0 Å². The molecule has 0 fully saturated rings. The van der Waals surface area contributed by atoms with Gasteiger partial charge in [0.05, 0.1) is 18.8 Å². The second-order valence-electron chi connectivity index (χ2n) is 19.7. The summed E-state index contributed by atoms with van der Waals surface area (Å²) in [5.41, 5.74) is 0.